The molecule has 3 rings (SSSR count). The molecule has 2 aromatic carbocycles. The van der Waals surface area contributed by atoms with Crippen LogP contribution in [0.2, 0.25) is 0 Å². The average molecular weight is 366 g/mol. The minimum atomic E-state index is -0.159. The molecule has 1 unspecified atom stereocenters. The summed E-state index contributed by atoms with van der Waals surface area (Å²) in [5.74, 6) is 0.829. The summed E-state index contributed by atoms with van der Waals surface area (Å²) in [5.41, 5.74) is 4.00. The summed E-state index contributed by atoms with van der Waals surface area (Å²) >= 11 is 1.67. The number of thiophene rings is 1. The van der Waals surface area contributed by atoms with Crippen LogP contribution in [0.1, 0.15) is 40.1 Å². The zero-order chi connectivity index (χ0) is 18.4. The van der Waals surface area contributed by atoms with Crippen LogP contribution < -0.4 is 4.74 Å². The lowest BCUT2D eigenvalue weighted by Crippen LogP contribution is -2.12. The highest BCUT2D eigenvalue weighted by Crippen LogP contribution is 2.25. The average Bonchev–Trinajstić information content (AvgIpc) is 3.18. The third kappa shape index (κ3) is 4.81. The highest BCUT2D eigenvalue weighted by atomic mass is 32.1. The summed E-state index contributed by atoms with van der Waals surface area (Å²) in [7, 11) is 0. The molecule has 0 aliphatic heterocycles. The number of hydrogen-bond donors (Lipinski definition) is 0. The molecule has 0 bridgehead atoms. The largest absolute Gasteiger partial charge is 0.489 e. The third-order valence-electron chi connectivity index (χ3n) is 4.23. The molecule has 134 valence electrons. The van der Waals surface area contributed by atoms with Gasteiger partial charge in [-0.1, -0.05) is 36.4 Å². The molecule has 0 saturated carbocycles. The first-order valence-corrected chi connectivity index (χ1v) is 9.52. The Hall–Kier alpha value is -2.43. The zero-order valence-corrected chi connectivity index (χ0v) is 15.8. The topological polar surface area (TPSA) is 35.5 Å². The summed E-state index contributed by atoms with van der Waals surface area (Å²) in [6.45, 7) is 4.64. The van der Waals surface area contributed by atoms with Crippen molar-refractivity contribution in [1.82, 2.24) is 0 Å². The van der Waals surface area contributed by atoms with E-state index < -0.39 is 0 Å². The van der Waals surface area contributed by atoms with E-state index in [4.69, 9.17) is 9.47 Å². The molecule has 0 aliphatic carbocycles. The van der Waals surface area contributed by atoms with Crippen LogP contribution in [0.3, 0.4) is 0 Å². The first-order valence-electron chi connectivity index (χ1n) is 8.58. The van der Waals surface area contributed by atoms with E-state index in [-0.39, 0.29) is 18.5 Å². The zero-order valence-electron chi connectivity index (χ0n) is 15.0. The maximum Gasteiger partial charge on any atom is 0.188 e. The van der Waals surface area contributed by atoms with Crippen LogP contribution in [-0.4, -0.2) is 12.4 Å². The lowest BCUT2D eigenvalue weighted by molar-refractivity contribution is 0.0518. The molecule has 1 atom stereocenters. The molecular formula is C22H22O3S. The molecule has 26 heavy (non-hydrogen) atoms. The molecule has 0 saturated heterocycles. The van der Waals surface area contributed by atoms with Crippen LogP contribution in [-0.2, 0) is 11.3 Å². The fourth-order valence-corrected chi connectivity index (χ4v) is 3.39. The number of carbonyl (C=O) groups is 1. The van der Waals surface area contributed by atoms with Gasteiger partial charge in [0.05, 0.1) is 6.10 Å². The highest BCUT2D eigenvalue weighted by Gasteiger charge is 2.13. The Bertz CT molecular complexity index is 841. The smallest absolute Gasteiger partial charge is 0.188 e. The number of benzene rings is 2. The number of ether oxygens (including phenoxy) is 2. The van der Waals surface area contributed by atoms with Gasteiger partial charge in [-0.05, 0) is 59.5 Å². The third-order valence-corrected chi connectivity index (χ3v) is 4.96. The van der Waals surface area contributed by atoms with Crippen molar-refractivity contribution in [2.45, 2.75) is 26.6 Å². The Morgan fingerprint density at radius 3 is 2.62 bits per heavy atom. The van der Waals surface area contributed by atoms with Gasteiger partial charge in [0.25, 0.3) is 0 Å². The van der Waals surface area contributed by atoms with Gasteiger partial charge in [0.15, 0.2) is 5.78 Å². The van der Waals surface area contributed by atoms with E-state index in [1.165, 1.54) is 5.56 Å². The summed E-state index contributed by atoms with van der Waals surface area (Å²) in [4.78, 5) is 12.2. The Kier molecular flexibility index (Phi) is 6.21. The van der Waals surface area contributed by atoms with Gasteiger partial charge in [0.1, 0.15) is 19.0 Å². The van der Waals surface area contributed by atoms with Gasteiger partial charge in [-0.3, -0.25) is 4.79 Å². The Labute approximate surface area is 158 Å². The molecule has 3 aromatic rings. The lowest BCUT2D eigenvalue weighted by atomic mass is 10.0. The predicted molar refractivity (Wildman–Crippen MR) is 105 cm³/mol. The second-order valence-electron chi connectivity index (χ2n) is 6.18. The van der Waals surface area contributed by atoms with Crippen molar-refractivity contribution in [2.75, 3.05) is 6.61 Å². The van der Waals surface area contributed by atoms with Crippen LogP contribution in [0.5, 0.6) is 5.75 Å². The molecule has 4 heteroatoms. The standard InChI is InChI=1S/C22H22O3S/c1-16-12-20(25-13-18-10-11-26-15-18)8-9-21(16)17(2)24-14-22(23)19-6-4-3-5-7-19/h3-12,15,17H,13-14H2,1-2H3. The normalized spacial score (nSPS) is 11.9. The van der Waals surface area contributed by atoms with Gasteiger partial charge in [-0.2, -0.15) is 11.3 Å². The summed E-state index contributed by atoms with van der Waals surface area (Å²) in [6.07, 6.45) is -0.159. The number of hydrogen-bond acceptors (Lipinski definition) is 4. The number of aryl methyl sites for hydroxylation is 1. The number of rotatable bonds is 8. The Morgan fingerprint density at radius 2 is 1.92 bits per heavy atom. The van der Waals surface area contributed by atoms with Crippen molar-refractivity contribution in [1.29, 1.82) is 0 Å². The van der Waals surface area contributed by atoms with E-state index in [0.717, 1.165) is 16.9 Å². The van der Waals surface area contributed by atoms with Crippen molar-refractivity contribution in [3.8, 4) is 5.75 Å². The fraction of sp³-hybridized carbons (Fsp3) is 0.227. The second-order valence-corrected chi connectivity index (χ2v) is 6.96. The van der Waals surface area contributed by atoms with Crippen LogP contribution in [0.15, 0.2) is 65.4 Å². The minimum Gasteiger partial charge on any atom is -0.489 e. The molecule has 1 heterocycles. The van der Waals surface area contributed by atoms with E-state index in [2.05, 4.69) is 11.4 Å². The van der Waals surface area contributed by atoms with Crippen molar-refractivity contribution in [3.05, 3.63) is 87.6 Å². The van der Waals surface area contributed by atoms with Gasteiger partial charge < -0.3 is 9.47 Å². The molecule has 0 spiro atoms. The molecule has 0 N–H and O–H groups in total. The maximum atomic E-state index is 12.2. The number of Topliss-reactive ketones (excluding diaryl/α,β-unsaturated/α-hetero) is 1. The van der Waals surface area contributed by atoms with E-state index in [0.29, 0.717) is 12.2 Å². The van der Waals surface area contributed by atoms with Crippen molar-refractivity contribution < 1.29 is 14.3 Å². The van der Waals surface area contributed by atoms with E-state index in [9.17, 15) is 4.79 Å². The molecule has 0 aliphatic rings. The van der Waals surface area contributed by atoms with Crippen molar-refractivity contribution in [2.24, 2.45) is 0 Å². The van der Waals surface area contributed by atoms with Crippen LogP contribution >= 0.6 is 11.3 Å². The fourth-order valence-electron chi connectivity index (χ4n) is 2.73. The SMILES string of the molecule is Cc1cc(OCc2ccsc2)ccc1C(C)OCC(=O)c1ccccc1. The molecule has 0 fully saturated rings. The van der Waals surface area contributed by atoms with Crippen molar-refractivity contribution >= 4 is 17.1 Å². The van der Waals surface area contributed by atoms with Gasteiger partial charge in [0.2, 0.25) is 0 Å². The number of ketones is 1. The van der Waals surface area contributed by atoms with Crippen LogP contribution in [0, 0.1) is 6.92 Å². The van der Waals surface area contributed by atoms with Crippen molar-refractivity contribution in [3.63, 3.8) is 0 Å². The Balaban J connectivity index is 1.57. The number of carbonyl (C=O) groups excluding carboxylic acids is 1. The quantitative estimate of drug-likeness (QED) is 0.487. The van der Waals surface area contributed by atoms with Gasteiger partial charge >= 0.3 is 0 Å². The molecule has 3 nitrogen and oxygen atoms in total. The first-order chi connectivity index (χ1) is 12.6. The van der Waals surface area contributed by atoms with Gasteiger partial charge in [0, 0.05) is 5.56 Å². The highest BCUT2D eigenvalue weighted by molar-refractivity contribution is 7.07. The summed E-state index contributed by atoms with van der Waals surface area (Å²) in [6, 6.07) is 17.3. The van der Waals surface area contributed by atoms with E-state index >= 15 is 0 Å². The minimum absolute atomic E-state index is 0.00850. The predicted octanol–water partition coefficient (Wildman–Crippen LogP) is 5.60. The maximum absolute atomic E-state index is 12.2. The Morgan fingerprint density at radius 1 is 1.12 bits per heavy atom. The second kappa shape index (κ2) is 8.79. The molecular weight excluding hydrogens is 344 g/mol. The monoisotopic (exact) mass is 366 g/mol. The summed E-state index contributed by atoms with van der Waals surface area (Å²) in [5, 5.41) is 4.13. The molecule has 0 radical (unpaired) electrons. The van der Waals surface area contributed by atoms with E-state index in [1.807, 2.05) is 55.6 Å². The van der Waals surface area contributed by atoms with Crippen LogP contribution in [0.4, 0.5) is 0 Å². The first kappa shape index (κ1) is 18.4. The lowest BCUT2D eigenvalue weighted by Gasteiger charge is -2.16. The van der Waals surface area contributed by atoms with E-state index in [1.54, 1.807) is 23.5 Å². The van der Waals surface area contributed by atoms with Gasteiger partial charge in [-0.25, -0.2) is 0 Å². The van der Waals surface area contributed by atoms with Crippen LogP contribution in [0.25, 0.3) is 0 Å². The molecule has 0 amide bonds. The summed E-state index contributed by atoms with van der Waals surface area (Å²) < 4.78 is 11.6. The van der Waals surface area contributed by atoms with Gasteiger partial charge in [-0.15, -0.1) is 0 Å². The molecule has 1 aromatic heterocycles.